The molecule has 1 aliphatic heterocycles. The van der Waals surface area contributed by atoms with Crippen LogP contribution in [0.1, 0.15) is 30.9 Å². The van der Waals surface area contributed by atoms with Crippen molar-refractivity contribution in [1.82, 2.24) is 9.55 Å². The first kappa shape index (κ1) is 20.1. The van der Waals surface area contributed by atoms with Crippen molar-refractivity contribution in [2.45, 2.75) is 40.2 Å². The topological polar surface area (TPSA) is 67.2 Å². The van der Waals surface area contributed by atoms with Gasteiger partial charge >= 0.3 is 5.69 Å². The van der Waals surface area contributed by atoms with Gasteiger partial charge in [-0.25, -0.2) is 4.79 Å². The molecule has 3 aromatic rings. The predicted octanol–water partition coefficient (Wildman–Crippen LogP) is 3.89. The van der Waals surface area contributed by atoms with E-state index >= 15 is 0 Å². The monoisotopic (exact) mass is 404 g/mol. The molecule has 0 bridgehead atoms. The Hall–Kier alpha value is -3.15. The zero-order valence-electron chi connectivity index (χ0n) is 17.8. The van der Waals surface area contributed by atoms with Crippen molar-refractivity contribution in [1.29, 1.82) is 0 Å². The van der Waals surface area contributed by atoms with E-state index in [4.69, 9.17) is 0 Å². The van der Waals surface area contributed by atoms with Crippen LogP contribution in [0, 0.1) is 19.8 Å². The molecule has 1 N–H and O–H groups in total. The summed E-state index contributed by atoms with van der Waals surface area (Å²) in [5.74, 6) is 1.06. The number of fused-ring (bicyclic) bond motifs is 1. The first-order valence-electron chi connectivity index (χ1n) is 10.5. The van der Waals surface area contributed by atoms with Crippen LogP contribution in [-0.2, 0) is 11.3 Å². The maximum atomic E-state index is 12.9. The normalized spacial score (nSPS) is 16.6. The number of carbonyl (C=O) groups excluding carboxylic acids is 1. The number of rotatable bonds is 4. The van der Waals surface area contributed by atoms with Gasteiger partial charge in [-0.15, -0.1) is 0 Å². The third-order valence-corrected chi connectivity index (χ3v) is 5.78. The number of hydrogen-bond donors (Lipinski definition) is 1. The average molecular weight is 405 g/mol. The number of para-hydroxylation sites is 1. The SMILES string of the molecule is Cc1ccc(NC(=O)Cn2c(=O)nc(N3CCC[C@H](C)C3)c3ccccc32)c(C)c1. The molecule has 1 aromatic heterocycles. The van der Waals surface area contributed by atoms with E-state index in [1.54, 1.807) is 0 Å². The van der Waals surface area contributed by atoms with E-state index in [1.807, 2.05) is 56.3 Å². The maximum Gasteiger partial charge on any atom is 0.350 e. The van der Waals surface area contributed by atoms with E-state index in [-0.39, 0.29) is 12.5 Å². The fourth-order valence-corrected chi connectivity index (χ4v) is 4.28. The Morgan fingerprint density at radius 2 is 2.00 bits per heavy atom. The largest absolute Gasteiger partial charge is 0.356 e. The first-order valence-corrected chi connectivity index (χ1v) is 10.5. The molecular weight excluding hydrogens is 376 g/mol. The minimum atomic E-state index is -0.391. The number of amides is 1. The molecule has 4 rings (SSSR count). The van der Waals surface area contributed by atoms with E-state index in [1.165, 1.54) is 11.0 Å². The van der Waals surface area contributed by atoms with Gasteiger partial charge in [-0.1, -0.05) is 36.8 Å². The molecule has 1 saturated heterocycles. The smallest absolute Gasteiger partial charge is 0.350 e. The summed E-state index contributed by atoms with van der Waals surface area (Å²) < 4.78 is 1.46. The molecule has 0 radical (unpaired) electrons. The second kappa shape index (κ2) is 8.30. The van der Waals surface area contributed by atoms with Crippen LogP contribution in [-0.4, -0.2) is 28.5 Å². The number of nitrogens with one attached hydrogen (secondary N) is 1. The van der Waals surface area contributed by atoms with Crippen molar-refractivity contribution in [3.05, 3.63) is 64.1 Å². The fourth-order valence-electron chi connectivity index (χ4n) is 4.28. The van der Waals surface area contributed by atoms with Crippen LogP contribution in [0.2, 0.25) is 0 Å². The van der Waals surface area contributed by atoms with E-state index in [9.17, 15) is 9.59 Å². The van der Waals surface area contributed by atoms with Crippen molar-refractivity contribution in [3.63, 3.8) is 0 Å². The molecule has 2 aromatic carbocycles. The van der Waals surface area contributed by atoms with E-state index in [0.717, 1.165) is 53.0 Å². The third kappa shape index (κ3) is 4.08. The van der Waals surface area contributed by atoms with Crippen molar-refractivity contribution < 1.29 is 4.79 Å². The number of piperidine rings is 1. The van der Waals surface area contributed by atoms with Gasteiger partial charge in [0.1, 0.15) is 12.4 Å². The van der Waals surface area contributed by atoms with Crippen molar-refractivity contribution in [3.8, 4) is 0 Å². The van der Waals surface area contributed by atoms with Crippen LogP contribution in [0.3, 0.4) is 0 Å². The minimum absolute atomic E-state index is 0.0731. The van der Waals surface area contributed by atoms with Crippen LogP contribution in [0.4, 0.5) is 11.5 Å². The highest BCUT2D eigenvalue weighted by atomic mass is 16.2. The highest BCUT2D eigenvalue weighted by Crippen LogP contribution is 2.27. The Morgan fingerprint density at radius 1 is 1.20 bits per heavy atom. The van der Waals surface area contributed by atoms with Gasteiger partial charge in [0.15, 0.2) is 0 Å². The number of carbonyl (C=O) groups is 1. The Bertz CT molecular complexity index is 1150. The maximum absolute atomic E-state index is 12.9. The number of anilines is 2. The zero-order valence-corrected chi connectivity index (χ0v) is 17.8. The highest BCUT2D eigenvalue weighted by Gasteiger charge is 2.22. The van der Waals surface area contributed by atoms with Gasteiger partial charge in [0, 0.05) is 24.2 Å². The van der Waals surface area contributed by atoms with Crippen LogP contribution in [0.25, 0.3) is 10.9 Å². The molecule has 0 spiro atoms. The lowest BCUT2D eigenvalue weighted by atomic mass is 10.00. The van der Waals surface area contributed by atoms with Crippen molar-refractivity contribution in [2.75, 3.05) is 23.3 Å². The van der Waals surface area contributed by atoms with Crippen LogP contribution in [0.5, 0.6) is 0 Å². The molecule has 1 atom stereocenters. The zero-order chi connectivity index (χ0) is 21.3. The second-order valence-electron chi connectivity index (χ2n) is 8.38. The summed E-state index contributed by atoms with van der Waals surface area (Å²) in [6.07, 6.45) is 2.29. The average Bonchev–Trinajstić information content (AvgIpc) is 2.72. The summed E-state index contributed by atoms with van der Waals surface area (Å²) in [6, 6.07) is 13.6. The van der Waals surface area contributed by atoms with Crippen LogP contribution < -0.4 is 15.9 Å². The summed E-state index contributed by atoms with van der Waals surface area (Å²) >= 11 is 0. The standard InChI is InChI=1S/C24H28N4O2/c1-16-10-11-20(18(3)13-16)25-22(29)15-28-21-9-5-4-8-19(21)23(26-24(28)30)27-12-6-7-17(2)14-27/h4-5,8-11,13,17H,6-7,12,14-15H2,1-3H3,(H,25,29)/t17-/m0/s1. The van der Waals surface area contributed by atoms with Gasteiger partial charge in [-0.2, -0.15) is 4.98 Å². The van der Waals surface area contributed by atoms with E-state index in [0.29, 0.717) is 5.92 Å². The number of benzene rings is 2. The fraction of sp³-hybridized carbons (Fsp3) is 0.375. The van der Waals surface area contributed by atoms with Crippen molar-refractivity contribution in [2.24, 2.45) is 5.92 Å². The van der Waals surface area contributed by atoms with E-state index < -0.39 is 5.69 Å². The number of aryl methyl sites for hydroxylation is 2. The molecule has 0 saturated carbocycles. The Labute approximate surface area is 176 Å². The van der Waals surface area contributed by atoms with Gasteiger partial charge in [-0.3, -0.25) is 9.36 Å². The summed E-state index contributed by atoms with van der Waals surface area (Å²) in [7, 11) is 0. The molecule has 2 heterocycles. The number of hydrogen-bond acceptors (Lipinski definition) is 4. The second-order valence-corrected chi connectivity index (χ2v) is 8.38. The van der Waals surface area contributed by atoms with Crippen molar-refractivity contribution >= 4 is 28.3 Å². The molecule has 156 valence electrons. The van der Waals surface area contributed by atoms with Crippen LogP contribution >= 0.6 is 0 Å². The van der Waals surface area contributed by atoms with E-state index in [2.05, 4.69) is 22.1 Å². The van der Waals surface area contributed by atoms with Gasteiger partial charge < -0.3 is 10.2 Å². The minimum Gasteiger partial charge on any atom is -0.356 e. The molecule has 6 nitrogen and oxygen atoms in total. The Kier molecular flexibility index (Phi) is 5.57. The third-order valence-electron chi connectivity index (χ3n) is 5.78. The summed E-state index contributed by atoms with van der Waals surface area (Å²) in [4.78, 5) is 32.3. The molecular formula is C24H28N4O2. The molecule has 0 unspecified atom stereocenters. The highest BCUT2D eigenvalue weighted by molar-refractivity contribution is 5.94. The molecule has 30 heavy (non-hydrogen) atoms. The molecule has 0 aliphatic carbocycles. The Balaban J connectivity index is 1.66. The predicted molar refractivity (Wildman–Crippen MR) is 121 cm³/mol. The van der Waals surface area contributed by atoms with Gasteiger partial charge in [0.2, 0.25) is 5.91 Å². The lowest BCUT2D eigenvalue weighted by molar-refractivity contribution is -0.116. The molecule has 6 heteroatoms. The van der Waals surface area contributed by atoms with Gasteiger partial charge in [-0.05, 0) is 56.4 Å². The molecule has 1 fully saturated rings. The summed E-state index contributed by atoms with van der Waals surface area (Å²) in [6.45, 7) is 7.93. The summed E-state index contributed by atoms with van der Waals surface area (Å²) in [5, 5.41) is 3.83. The lowest BCUT2D eigenvalue weighted by Gasteiger charge is -2.32. The quantitative estimate of drug-likeness (QED) is 0.716. The van der Waals surface area contributed by atoms with Crippen LogP contribution in [0.15, 0.2) is 47.3 Å². The molecule has 1 aliphatic rings. The first-order chi connectivity index (χ1) is 14.4. The van der Waals surface area contributed by atoms with Gasteiger partial charge in [0.25, 0.3) is 0 Å². The Morgan fingerprint density at radius 3 is 2.77 bits per heavy atom. The number of aromatic nitrogens is 2. The molecule has 1 amide bonds. The number of nitrogens with zero attached hydrogens (tertiary/aromatic N) is 3. The summed E-state index contributed by atoms with van der Waals surface area (Å²) in [5.41, 5.74) is 3.24. The lowest BCUT2D eigenvalue weighted by Crippen LogP contribution is -2.38. The van der Waals surface area contributed by atoms with Gasteiger partial charge in [0.05, 0.1) is 5.52 Å².